The molecule has 0 radical (unpaired) electrons. The van der Waals surface area contributed by atoms with Gasteiger partial charge in [-0.1, -0.05) is 0 Å². The highest BCUT2D eigenvalue weighted by Crippen LogP contribution is 2.20. The van der Waals surface area contributed by atoms with Gasteiger partial charge in [0.1, 0.15) is 11.9 Å². The molecule has 0 saturated carbocycles. The van der Waals surface area contributed by atoms with Crippen molar-refractivity contribution in [3.05, 3.63) is 16.6 Å². The number of nitrogens with zero attached hydrogens (tertiary/aromatic N) is 1. The monoisotopic (exact) mass is 256 g/mol. The molecule has 0 saturated heterocycles. The van der Waals surface area contributed by atoms with Gasteiger partial charge >= 0.3 is 6.09 Å². The molecule has 1 atom stereocenters. The molecule has 6 heteroatoms. The number of carbonyl (C=O) groups excluding carboxylic acids is 2. The third-order valence-electron chi connectivity index (χ3n) is 1.82. The van der Waals surface area contributed by atoms with Gasteiger partial charge in [0.15, 0.2) is 0 Å². The third-order valence-corrected chi connectivity index (χ3v) is 2.71. The minimum absolute atomic E-state index is 0.210. The van der Waals surface area contributed by atoms with Gasteiger partial charge in [0.05, 0.1) is 11.6 Å². The number of hydrogen-bond donors (Lipinski definition) is 1. The molecule has 1 heterocycles. The Morgan fingerprint density at radius 1 is 1.65 bits per heavy atom. The summed E-state index contributed by atoms with van der Waals surface area (Å²) in [7, 11) is 0. The topological polar surface area (TPSA) is 68.3 Å². The van der Waals surface area contributed by atoms with Crippen molar-refractivity contribution in [3.63, 3.8) is 0 Å². The van der Waals surface area contributed by atoms with Gasteiger partial charge in [-0.2, -0.15) is 0 Å². The molecular formula is C11H16N2O3S. The van der Waals surface area contributed by atoms with Gasteiger partial charge in [-0.05, 0) is 20.8 Å². The molecule has 0 unspecified atom stereocenters. The standard InChI is InChI=1S/C11H16N2O3S/c1-11(2,3)16-10(15)13-8(4-5-14)9-6-12-7-17-9/h5-8H,4H2,1-3H3,(H,13,15)/t8-/m0/s1. The Labute approximate surface area is 104 Å². The van der Waals surface area contributed by atoms with Crippen LogP contribution < -0.4 is 5.32 Å². The van der Waals surface area contributed by atoms with Gasteiger partial charge in [0, 0.05) is 17.5 Å². The van der Waals surface area contributed by atoms with E-state index in [-0.39, 0.29) is 12.5 Å². The largest absolute Gasteiger partial charge is 0.444 e. The second-order valence-electron chi connectivity index (χ2n) is 4.50. The molecule has 1 rings (SSSR count). The Kier molecular flexibility index (Phi) is 4.62. The maximum Gasteiger partial charge on any atom is 0.408 e. The molecule has 0 aromatic carbocycles. The van der Waals surface area contributed by atoms with E-state index in [4.69, 9.17) is 4.74 Å². The Morgan fingerprint density at radius 3 is 2.82 bits per heavy atom. The van der Waals surface area contributed by atoms with Crippen molar-refractivity contribution in [1.82, 2.24) is 10.3 Å². The first-order valence-electron chi connectivity index (χ1n) is 5.24. The zero-order chi connectivity index (χ0) is 12.9. The van der Waals surface area contributed by atoms with Crippen LogP contribution in [-0.4, -0.2) is 23.0 Å². The van der Waals surface area contributed by atoms with Crippen molar-refractivity contribution in [1.29, 1.82) is 0 Å². The quantitative estimate of drug-likeness (QED) is 0.839. The van der Waals surface area contributed by atoms with Crippen LogP contribution in [-0.2, 0) is 9.53 Å². The first-order chi connectivity index (χ1) is 7.92. The molecule has 0 aliphatic rings. The molecule has 0 bridgehead atoms. The van der Waals surface area contributed by atoms with Gasteiger partial charge in [-0.3, -0.25) is 4.98 Å². The Morgan fingerprint density at radius 2 is 2.35 bits per heavy atom. The van der Waals surface area contributed by atoms with Gasteiger partial charge in [0.2, 0.25) is 0 Å². The molecule has 5 nitrogen and oxygen atoms in total. The van der Waals surface area contributed by atoms with Gasteiger partial charge in [-0.25, -0.2) is 4.79 Å². The fourth-order valence-corrected chi connectivity index (χ4v) is 1.87. The van der Waals surface area contributed by atoms with Crippen LogP contribution in [0.3, 0.4) is 0 Å². The number of aldehydes is 1. The van der Waals surface area contributed by atoms with Crippen LogP contribution in [0.25, 0.3) is 0 Å². The summed E-state index contributed by atoms with van der Waals surface area (Å²) in [5.74, 6) is 0. The number of aromatic nitrogens is 1. The van der Waals surface area contributed by atoms with Crippen LogP contribution in [0.2, 0.25) is 0 Å². The highest BCUT2D eigenvalue weighted by molar-refractivity contribution is 7.09. The van der Waals surface area contributed by atoms with Crippen LogP contribution in [0, 0.1) is 0 Å². The fraction of sp³-hybridized carbons (Fsp3) is 0.545. The SMILES string of the molecule is CC(C)(C)OC(=O)N[C@@H](CC=O)c1cncs1. The van der Waals surface area contributed by atoms with Crippen LogP contribution >= 0.6 is 11.3 Å². The van der Waals surface area contributed by atoms with Gasteiger partial charge in [0.25, 0.3) is 0 Å². The van der Waals surface area contributed by atoms with E-state index in [1.54, 1.807) is 32.5 Å². The predicted octanol–water partition coefficient (Wildman–Crippen LogP) is 2.30. The number of rotatable bonds is 4. The zero-order valence-electron chi connectivity index (χ0n) is 10.1. The van der Waals surface area contributed by atoms with E-state index in [9.17, 15) is 9.59 Å². The lowest BCUT2D eigenvalue weighted by Crippen LogP contribution is -2.34. The zero-order valence-corrected chi connectivity index (χ0v) is 10.9. The van der Waals surface area contributed by atoms with E-state index in [2.05, 4.69) is 10.3 Å². The number of thiazole rings is 1. The summed E-state index contributed by atoms with van der Waals surface area (Å²) in [5, 5.41) is 2.65. The summed E-state index contributed by atoms with van der Waals surface area (Å²) >= 11 is 1.39. The second-order valence-corrected chi connectivity index (χ2v) is 5.42. The Hall–Kier alpha value is -1.43. The number of amides is 1. The van der Waals surface area contributed by atoms with E-state index in [1.165, 1.54) is 11.3 Å². The van der Waals surface area contributed by atoms with Crippen molar-refractivity contribution in [2.24, 2.45) is 0 Å². The van der Waals surface area contributed by atoms with E-state index in [0.717, 1.165) is 11.2 Å². The molecule has 0 spiro atoms. The van der Waals surface area contributed by atoms with E-state index >= 15 is 0 Å². The van der Waals surface area contributed by atoms with Crippen LogP contribution in [0.1, 0.15) is 38.1 Å². The molecule has 0 aliphatic heterocycles. The highest BCUT2D eigenvalue weighted by Gasteiger charge is 2.20. The lowest BCUT2D eigenvalue weighted by molar-refractivity contribution is -0.108. The Bertz CT molecular complexity index is 371. The summed E-state index contributed by atoms with van der Waals surface area (Å²) in [5.41, 5.74) is 1.10. The Balaban J connectivity index is 2.62. The van der Waals surface area contributed by atoms with Crippen LogP contribution in [0.4, 0.5) is 4.79 Å². The van der Waals surface area contributed by atoms with E-state index < -0.39 is 11.7 Å². The summed E-state index contributed by atoms with van der Waals surface area (Å²) in [6.45, 7) is 5.36. The lowest BCUT2D eigenvalue weighted by atomic mass is 10.2. The number of hydrogen-bond acceptors (Lipinski definition) is 5. The smallest absolute Gasteiger partial charge is 0.408 e. The highest BCUT2D eigenvalue weighted by atomic mass is 32.1. The van der Waals surface area contributed by atoms with Crippen molar-refractivity contribution in [3.8, 4) is 0 Å². The lowest BCUT2D eigenvalue weighted by Gasteiger charge is -2.22. The summed E-state index contributed by atoms with van der Waals surface area (Å²) < 4.78 is 5.13. The van der Waals surface area contributed by atoms with E-state index in [1.807, 2.05) is 0 Å². The molecule has 1 amide bonds. The summed E-state index contributed by atoms with van der Waals surface area (Å²) in [6.07, 6.45) is 2.08. The molecule has 94 valence electrons. The second kappa shape index (κ2) is 5.77. The van der Waals surface area contributed by atoms with Crippen molar-refractivity contribution in [2.45, 2.75) is 38.8 Å². The van der Waals surface area contributed by atoms with Gasteiger partial charge < -0.3 is 14.8 Å². The molecule has 1 N–H and O–H groups in total. The first kappa shape index (κ1) is 13.6. The predicted molar refractivity (Wildman–Crippen MR) is 64.9 cm³/mol. The molecular weight excluding hydrogens is 240 g/mol. The van der Waals surface area contributed by atoms with Crippen molar-refractivity contribution >= 4 is 23.7 Å². The third kappa shape index (κ3) is 4.95. The van der Waals surface area contributed by atoms with Crippen LogP contribution in [0.5, 0.6) is 0 Å². The molecule has 17 heavy (non-hydrogen) atoms. The number of carbonyl (C=O) groups is 2. The van der Waals surface area contributed by atoms with E-state index in [0.29, 0.717) is 0 Å². The van der Waals surface area contributed by atoms with Crippen molar-refractivity contribution < 1.29 is 14.3 Å². The number of alkyl carbamates (subject to hydrolysis) is 1. The minimum Gasteiger partial charge on any atom is -0.444 e. The normalized spacial score (nSPS) is 12.9. The first-order valence-corrected chi connectivity index (χ1v) is 6.12. The summed E-state index contributed by atoms with van der Waals surface area (Å²) in [6, 6.07) is -0.366. The fourth-order valence-electron chi connectivity index (χ4n) is 1.19. The van der Waals surface area contributed by atoms with Gasteiger partial charge in [-0.15, -0.1) is 11.3 Å². The molecule has 1 aromatic rings. The average molecular weight is 256 g/mol. The number of ether oxygens (including phenoxy) is 1. The summed E-state index contributed by atoms with van der Waals surface area (Å²) in [4.78, 5) is 26.9. The van der Waals surface area contributed by atoms with Crippen LogP contribution in [0.15, 0.2) is 11.7 Å². The van der Waals surface area contributed by atoms with Crippen molar-refractivity contribution in [2.75, 3.05) is 0 Å². The molecule has 1 aromatic heterocycles. The maximum atomic E-state index is 11.6. The number of nitrogens with one attached hydrogen (secondary N) is 1. The molecule has 0 fully saturated rings. The average Bonchev–Trinajstić information content (AvgIpc) is 2.66. The maximum absolute atomic E-state index is 11.6. The molecule has 0 aliphatic carbocycles. The minimum atomic E-state index is -0.552.